The zero-order valence-electron chi connectivity index (χ0n) is 13.9. The third-order valence-corrected chi connectivity index (χ3v) is 4.80. The molecule has 0 unspecified atom stereocenters. The van der Waals surface area contributed by atoms with Gasteiger partial charge in [-0.1, -0.05) is 6.07 Å². The summed E-state index contributed by atoms with van der Waals surface area (Å²) in [7, 11) is 1.88. The molecule has 1 atom stereocenters. The number of hydrogen-bond acceptors (Lipinski definition) is 4. The quantitative estimate of drug-likeness (QED) is 0.740. The molecule has 1 aliphatic heterocycles. The number of benzene rings is 1. The van der Waals surface area contributed by atoms with Gasteiger partial charge in [-0.05, 0) is 30.2 Å². The summed E-state index contributed by atoms with van der Waals surface area (Å²) in [6.45, 7) is 1.30. The second-order valence-corrected chi connectivity index (χ2v) is 6.43. The van der Waals surface area contributed by atoms with E-state index in [1.807, 2.05) is 48.3 Å². The van der Waals surface area contributed by atoms with E-state index in [0.29, 0.717) is 18.8 Å². The molecule has 126 valence electrons. The molecule has 0 spiro atoms. The minimum Gasteiger partial charge on any atom is -0.364 e. The third-order valence-electron chi connectivity index (χ3n) is 4.80. The second kappa shape index (κ2) is 5.67. The van der Waals surface area contributed by atoms with Crippen LogP contribution in [0.2, 0.25) is 0 Å². The van der Waals surface area contributed by atoms with E-state index in [4.69, 9.17) is 11.0 Å². The maximum absolute atomic E-state index is 12.0. The number of nitrogens with two attached hydrogens (primary N) is 1. The van der Waals surface area contributed by atoms with E-state index < -0.39 is 5.91 Å². The van der Waals surface area contributed by atoms with E-state index in [-0.39, 0.29) is 6.04 Å². The Kier molecular flexibility index (Phi) is 3.46. The molecule has 2 aromatic heterocycles. The summed E-state index contributed by atoms with van der Waals surface area (Å²) in [6, 6.07) is 8.00. The van der Waals surface area contributed by atoms with Crippen LogP contribution in [0.5, 0.6) is 0 Å². The number of carbonyl (C=O) groups is 1. The van der Waals surface area contributed by atoms with Crippen molar-refractivity contribution in [3.63, 3.8) is 0 Å². The average Bonchev–Trinajstić information content (AvgIpc) is 3.30. The van der Waals surface area contributed by atoms with E-state index in [2.05, 4.69) is 11.3 Å². The van der Waals surface area contributed by atoms with Crippen LogP contribution in [0.25, 0.3) is 22.0 Å². The van der Waals surface area contributed by atoms with Crippen molar-refractivity contribution in [2.75, 3.05) is 13.1 Å². The highest BCUT2D eigenvalue weighted by Crippen LogP contribution is 2.32. The Morgan fingerprint density at radius 2 is 2.20 bits per heavy atom. The fourth-order valence-corrected chi connectivity index (χ4v) is 3.61. The minimum absolute atomic E-state index is 0.0730. The number of nitriles is 1. The smallest absolute Gasteiger partial charge is 0.265 e. The van der Waals surface area contributed by atoms with Gasteiger partial charge < -0.3 is 15.2 Å². The summed E-state index contributed by atoms with van der Waals surface area (Å²) in [6.07, 6.45) is 6.77. The van der Waals surface area contributed by atoms with Crippen LogP contribution >= 0.6 is 0 Å². The summed E-state index contributed by atoms with van der Waals surface area (Å²) in [5.41, 5.74) is 9.13. The van der Waals surface area contributed by atoms with E-state index in [0.717, 1.165) is 28.5 Å². The minimum atomic E-state index is -0.450. The van der Waals surface area contributed by atoms with Crippen molar-refractivity contribution in [2.24, 2.45) is 12.8 Å². The zero-order valence-corrected chi connectivity index (χ0v) is 13.9. The first-order chi connectivity index (χ1) is 12.1. The fourth-order valence-electron chi connectivity index (χ4n) is 3.61. The summed E-state index contributed by atoms with van der Waals surface area (Å²) in [5.74, 6) is -0.450. The van der Waals surface area contributed by atoms with Crippen molar-refractivity contribution >= 4 is 16.8 Å². The summed E-state index contributed by atoms with van der Waals surface area (Å²) in [5, 5.41) is 14.3. The molecule has 0 aliphatic carbocycles. The predicted octanol–water partition coefficient (Wildman–Crippen LogP) is 1.87. The van der Waals surface area contributed by atoms with Crippen molar-refractivity contribution in [2.45, 2.75) is 12.5 Å². The van der Waals surface area contributed by atoms with Gasteiger partial charge in [0.05, 0.1) is 12.2 Å². The van der Waals surface area contributed by atoms with E-state index in [1.54, 1.807) is 9.58 Å². The normalized spacial score (nSPS) is 17.1. The predicted molar refractivity (Wildman–Crippen MR) is 93.5 cm³/mol. The Morgan fingerprint density at radius 1 is 1.36 bits per heavy atom. The van der Waals surface area contributed by atoms with Gasteiger partial charge >= 0.3 is 0 Å². The number of amides is 1. The number of hydrogen-bond donors (Lipinski definition) is 1. The number of primary amides is 1. The molecule has 3 heterocycles. The topological polar surface area (TPSA) is 92.9 Å². The highest BCUT2D eigenvalue weighted by Gasteiger charge is 2.27. The molecular weight excluding hydrogens is 316 g/mol. The Hall–Kier alpha value is -3.27. The lowest BCUT2D eigenvalue weighted by Gasteiger charge is -2.16. The Bertz CT molecular complexity index is 1010. The molecule has 0 saturated carbocycles. The number of nitrogens with zero attached hydrogens (tertiary/aromatic N) is 5. The average molecular weight is 334 g/mol. The van der Waals surface area contributed by atoms with Gasteiger partial charge in [0.2, 0.25) is 0 Å². The third kappa shape index (κ3) is 2.52. The lowest BCUT2D eigenvalue weighted by Crippen LogP contribution is -2.22. The van der Waals surface area contributed by atoms with Crippen molar-refractivity contribution in [1.29, 1.82) is 5.26 Å². The molecule has 0 radical (unpaired) electrons. The maximum atomic E-state index is 12.0. The van der Waals surface area contributed by atoms with Crippen molar-refractivity contribution in [1.82, 2.24) is 19.2 Å². The van der Waals surface area contributed by atoms with Crippen LogP contribution in [-0.2, 0) is 7.05 Å². The summed E-state index contributed by atoms with van der Waals surface area (Å²) in [4.78, 5) is 13.7. The van der Waals surface area contributed by atoms with Crippen LogP contribution in [-0.4, -0.2) is 38.2 Å². The second-order valence-electron chi connectivity index (χ2n) is 6.43. The van der Waals surface area contributed by atoms with E-state index in [9.17, 15) is 4.79 Å². The first-order valence-electron chi connectivity index (χ1n) is 8.15. The van der Waals surface area contributed by atoms with Crippen LogP contribution in [0.1, 0.15) is 23.0 Å². The standard InChI is InChI=1S/C18H18N6O/c1-22-9-14(8-21-22)12-2-3-16-13(6-12)7-17(18(20)25)24(16)15-4-5-23(10-15)11-19/h2-3,6-9,15H,4-5,10H2,1H3,(H2,20,25)/t15-/m1/s1. The highest BCUT2D eigenvalue weighted by molar-refractivity contribution is 5.99. The SMILES string of the molecule is Cn1cc(-c2ccc3c(c2)cc(C(N)=O)n3[C@@H]2CCN(C#N)C2)cn1. The van der Waals surface area contributed by atoms with Crippen molar-refractivity contribution < 1.29 is 4.79 Å². The number of likely N-dealkylation sites (tertiary alicyclic amines) is 1. The van der Waals surface area contributed by atoms with Gasteiger partial charge in [-0.15, -0.1) is 0 Å². The summed E-state index contributed by atoms with van der Waals surface area (Å²) < 4.78 is 3.75. The van der Waals surface area contributed by atoms with Gasteiger partial charge in [0.1, 0.15) is 5.69 Å². The Labute approximate surface area is 144 Å². The molecule has 1 amide bonds. The maximum Gasteiger partial charge on any atom is 0.265 e. The largest absolute Gasteiger partial charge is 0.364 e. The molecule has 1 aromatic carbocycles. The molecule has 4 rings (SSSR count). The molecule has 25 heavy (non-hydrogen) atoms. The molecule has 1 aliphatic rings. The van der Waals surface area contributed by atoms with Crippen LogP contribution in [0.3, 0.4) is 0 Å². The number of rotatable bonds is 3. The molecule has 2 N–H and O–H groups in total. The van der Waals surface area contributed by atoms with Gasteiger partial charge in [0.15, 0.2) is 6.19 Å². The monoisotopic (exact) mass is 334 g/mol. The van der Waals surface area contributed by atoms with Crippen molar-refractivity contribution in [3.8, 4) is 17.3 Å². The molecule has 7 nitrogen and oxygen atoms in total. The van der Waals surface area contributed by atoms with Crippen molar-refractivity contribution in [3.05, 3.63) is 42.4 Å². The molecule has 3 aromatic rings. The van der Waals surface area contributed by atoms with Gasteiger partial charge in [-0.3, -0.25) is 9.48 Å². The molecule has 0 bridgehead atoms. The summed E-state index contributed by atoms with van der Waals surface area (Å²) >= 11 is 0. The van der Waals surface area contributed by atoms with Crippen LogP contribution in [0.15, 0.2) is 36.7 Å². The first-order valence-corrected chi connectivity index (χ1v) is 8.15. The number of carbonyl (C=O) groups excluding carboxylic acids is 1. The number of aryl methyl sites for hydroxylation is 1. The van der Waals surface area contributed by atoms with Crippen LogP contribution < -0.4 is 5.73 Å². The van der Waals surface area contributed by atoms with Crippen LogP contribution in [0, 0.1) is 11.5 Å². The van der Waals surface area contributed by atoms with Gasteiger partial charge in [0, 0.05) is 42.8 Å². The van der Waals surface area contributed by atoms with Gasteiger partial charge in [0.25, 0.3) is 5.91 Å². The Morgan fingerprint density at radius 3 is 2.84 bits per heavy atom. The lowest BCUT2D eigenvalue weighted by atomic mass is 10.1. The molecule has 7 heteroatoms. The lowest BCUT2D eigenvalue weighted by molar-refractivity contribution is 0.0990. The zero-order chi connectivity index (χ0) is 17.6. The van der Waals surface area contributed by atoms with E-state index in [1.165, 1.54) is 0 Å². The van der Waals surface area contributed by atoms with E-state index >= 15 is 0 Å². The fraction of sp³-hybridized carbons (Fsp3) is 0.278. The molecule has 1 saturated heterocycles. The number of aromatic nitrogens is 3. The highest BCUT2D eigenvalue weighted by atomic mass is 16.1. The van der Waals surface area contributed by atoms with Gasteiger partial charge in [-0.2, -0.15) is 10.4 Å². The van der Waals surface area contributed by atoms with Crippen LogP contribution in [0.4, 0.5) is 0 Å². The van der Waals surface area contributed by atoms with Gasteiger partial charge in [-0.25, -0.2) is 0 Å². The Balaban J connectivity index is 1.83. The first kappa shape index (κ1) is 15.3. The molecular formula is C18H18N6O. The number of fused-ring (bicyclic) bond motifs is 1. The molecule has 1 fully saturated rings.